The molecule has 2 bridgehead atoms. The lowest BCUT2D eigenvalue weighted by Crippen LogP contribution is -2.31. The van der Waals surface area contributed by atoms with Crippen LogP contribution in [0.2, 0.25) is 0 Å². The monoisotopic (exact) mass is 163 g/mol. The molecule has 4 atom stereocenters. The van der Waals surface area contributed by atoms with Crippen molar-refractivity contribution < 1.29 is 0 Å². The molecular formula is C11H17N. The first-order chi connectivity index (χ1) is 5.79. The normalized spacial score (nSPS) is 46.7. The maximum atomic E-state index is 8.94. The van der Waals surface area contributed by atoms with Gasteiger partial charge in [0.1, 0.15) is 0 Å². The van der Waals surface area contributed by atoms with Crippen molar-refractivity contribution >= 4 is 0 Å². The minimum Gasteiger partial charge on any atom is -0.198 e. The van der Waals surface area contributed by atoms with Gasteiger partial charge in [0.05, 0.1) is 6.07 Å². The summed E-state index contributed by atoms with van der Waals surface area (Å²) in [6.45, 7) is 2.35. The maximum Gasteiger partial charge on any atom is 0.0658 e. The van der Waals surface area contributed by atoms with Gasteiger partial charge < -0.3 is 0 Å². The highest BCUT2D eigenvalue weighted by Crippen LogP contribution is 2.44. The molecule has 0 aliphatic heterocycles. The van der Waals surface area contributed by atoms with Crippen LogP contribution in [0, 0.1) is 35.0 Å². The quantitative estimate of drug-likeness (QED) is 0.538. The number of rotatable bonds is 0. The molecule has 4 unspecified atom stereocenters. The van der Waals surface area contributed by atoms with E-state index >= 15 is 0 Å². The van der Waals surface area contributed by atoms with E-state index in [9.17, 15) is 0 Å². The van der Waals surface area contributed by atoms with Crippen LogP contribution in [-0.2, 0) is 0 Å². The van der Waals surface area contributed by atoms with Crippen molar-refractivity contribution in [3.63, 3.8) is 0 Å². The molecule has 0 aromatic rings. The molecule has 0 aromatic carbocycles. The van der Waals surface area contributed by atoms with Gasteiger partial charge in [0.2, 0.25) is 0 Å². The highest BCUT2D eigenvalue weighted by atomic mass is 14.4. The van der Waals surface area contributed by atoms with E-state index in [0.29, 0.717) is 5.92 Å². The molecule has 2 fully saturated rings. The molecule has 1 heteroatoms. The van der Waals surface area contributed by atoms with E-state index in [1.54, 1.807) is 0 Å². The second-order valence-electron chi connectivity index (χ2n) is 4.75. The van der Waals surface area contributed by atoms with Crippen LogP contribution in [0.25, 0.3) is 0 Å². The fourth-order valence-corrected chi connectivity index (χ4v) is 3.19. The third kappa shape index (κ3) is 1.35. The summed E-state index contributed by atoms with van der Waals surface area (Å²) in [4.78, 5) is 0. The number of hydrogen-bond donors (Lipinski definition) is 0. The third-order valence-corrected chi connectivity index (χ3v) is 3.70. The van der Waals surface area contributed by atoms with Gasteiger partial charge in [0.15, 0.2) is 0 Å². The second kappa shape index (κ2) is 3.09. The lowest BCUT2D eigenvalue weighted by molar-refractivity contribution is 0.115. The Hall–Kier alpha value is -0.510. The fourth-order valence-electron chi connectivity index (χ4n) is 3.19. The molecule has 0 aromatic heterocycles. The third-order valence-electron chi connectivity index (χ3n) is 3.70. The Morgan fingerprint density at radius 3 is 2.75 bits per heavy atom. The Labute approximate surface area is 74.8 Å². The van der Waals surface area contributed by atoms with Crippen molar-refractivity contribution in [3.05, 3.63) is 0 Å². The van der Waals surface area contributed by atoms with E-state index in [-0.39, 0.29) is 0 Å². The molecule has 1 nitrogen and oxygen atoms in total. The highest BCUT2D eigenvalue weighted by Gasteiger charge is 2.35. The van der Waals surface area contributed by atoms with E-state index < -0.39 is 0 Å². The van der Waals surface area contributed by atoms with Crippen LogP contribution < -0.4 is 0 Å². The van der Waals surface area contributed by atoms with Crippen LogP contribution in [0.4, 0.5) is 0 Å². The first-order valence-corrected chi connectivity index (χ1v) is 5.19. The van der Waals surface area contributed by atoms with Crippen molar-refractivity contribution in [2.24, 2.45) is 23.7 Å². The molecule has 0 spiro atoms. The average Bonchev–Trinajstić information content (AvgIpc) is 2.04. The summed E-state index contributed by atoms with van der Waals surface area (Å²) < 4.78 is 0. The molecule has 66 valence electrons. The van der Waals surface area contributed by atoms with Gasteiger partial charge in [-0.3, -0.25) is 0 Å². The van der Waals surface area contributed by atoms with Crippen LogP contribution in [0.5, 0.6) is 0 Å². The summed E-state index contributed by atoms with van der Waals surface area (Å²) in [5.74, 6) is 2.98. The van der Waals surface area contributed by atoms with Crippen molar-refractivity contribution in [1.82, 2.24) is 0 Å². The summed E-state index contributed by atoms with van der Waals surface area (Å²) in [6.07, 6.45) is 6.59. The average molecular weight is 163 g/mol. The molecular weight excluding hydrogens is 146 g/mol. The molecule has 12 heavy (non-hydrogen) atoms. The van der Waals surface area contributed by atoms with Gasteiger partial charge in [-0.05, 0) is 49.9 Å². The van der Waals surface area contributed by atoms with E-state index in [1.807, 2.05) is 0 Å². The number of fused-ring (bicyclic) bond motifs is 2. The number of hydrogen-bond acceptors (Lipinski definition) is 1. The Bertz CT molecular complexity index is 202. The maximum absolute atomic E-state index is 8.94. The van der Waals surface area contributed by atoms with Gasteiger partial charge in [0.25, 0.3) is 0 Å². The number of nitrogens with zero attached hydrogens (tertiary/aromatic N) is 1. The Morgan fingerprint density at radius 2 is 2.00 bits per heavy atom. The predicted octanol–water partition coefficient (Wildman–Crippen LogP) is 2.97. The largest absolute Gasteiger partial charge is 0.198 e. The van der Waals surface area contributed by atoms with Gasteiger partial charge in [-0.2, -0.15) is 5.26 Å². The minimum absolute atomic E-state index is 0.393. The zero-order valence-corrected chi connectivity index (χ0v) is 7.79. The summed E-state index contributed by atoms with van der Waals surface area (Å²) >= 11 is 0. The van der Waals surface area contributed by atoms with Gasteiger partial charge in [0, 0.05) is 5.92 Å². The first kappa shape index (κ1) is 8.10. The van der Waals surface area contributed by atoms with E-state index in [1.165, 1.54) is 32.1 Å². The molecule has 2 saturated carbocycles. The zero-order valence-electron chi connectivity index (χ0n) is 7.79. The van der Waals surface area contributed by atoms with Crippen molar-refractivity contribution in [3.8, 4) is 6.07 Å². The molecule has 2 aliphatic rings. The molecule has 0 saturated heterocycles. The molecule has 2 rings (SSSR count). The summed E-state index contributed by atoms with van der Waals surface area (Å²) in [6, 6.07) is 2.48. The predicted molar refractivity (Wildman–Crippen MR) is 48.3 cm³/mol. The van der Waals surface area contributed by atoms with Crippen LogP contribution in [-0.4, -0.2) is 0 Å². The topological polar surface area (TPSA) is 23.8 Å². The molecule has 0 radical (unpaired) electrons. The minimum atomic E-state index is 0.393. The van der Waals surface area contributed by atoms with Crippen molar-refractivity contribution in [2.45, 2.75) is 39.0 Å². The fraction of sp³-hybridized carbons (Fsp3) is 0.909. The van der Waals surface area contributed by atoms with Crippen LogP contribution in [0.3, 0.4) is 0 Å². The van der Waals surface area contributed by atoms with Crippen LogP contribution in [0.1, 0.15) is 39.0 Å². The SMILES string of the molecule is CC1CC2CCC(C#N)C(C1)C2. The lowest BCUT2D eigenvalue weighted by atomic mass is 9.64. The van der Waals surface area contributed by atoms with Gasteiger partial charge in [-0.25, -0.2) is 0 Å². The van der Waals surface area contributed by atoms with Gasteiger partial charge >= 0.3 is 0 Å². The Kier molecular flexibility index (Phi) is 2.09. The van der Waals surface area contributed by atoms with E-state index in [0.717, 1.165) is 17.8 Å². The van der Waals surface area contributed by atoms with Gasteiger partial charge in [-0.15, -0.1) is 0 Å². The second-order valence-corrected chi connectivity index (χ2v) is 4.75. The van der Waals surface area contributed by atoms with Crippen LogP contribution >= 0.6 is 0 Å². The Morgan fingerprint density at radius 1 is 1.17 bits per heavy atom. The standard InChI is InChI=1S/C11H17N/c1-8-4-9-2-3-10(7-12)11(5-8)6-9/h8-11H,2-6H2,1H3. The smallest absolute Gasteiger partial charge is 0.0658 e. The van der Waals surface area contributed by atoms with E-state index in [2.05, 4.69) is 13.0 Å². The molecule has 2 aliphatic carbocycles. The zero-order chi connectivity index (χ0) is 8.55. The molecule has 0 amide bonds. The van der Waals surface area contributed by atoms with E-state index in [4.69, 9.17) is 5.26 Å². The summed E-state index contributed by atoms with van der Waals surface area (Å²) in [7, 11) is 0. The highest BCUT2D eigenvalue weighted by molar-refractivity contribution is 4.95. The Balaban J connectivity index is 2.06. The van der Waals surface area contributed by atoms with Crippen LogP contribution in [0.15, 0.2) is 0 Å². The number of nitriles is 1. The van der Waals surface area contributed by atoms with Gasteiger partial charge in [-0.1, -0.05) is 6.92 Å². The summed E-state index contributed by atoms with van der Waals surface area (Å²) in [5, 5.41) is 8.94. The van der Waals surface area contributed by atoms with Crippen molar-refractivity contribution in [1.29, 1.82) is 5.26 Å². The first-order valence-electron chi connectivity index (χ1n) is 5.19. The summed E-state index contributed by atoms with van der Waals surface area (Å²) in [5.41, 5.74) is 0. The lowest BCUT2D eigenvalue weighted by Gasteiger charge is -2.40. The molecule has 0 N–H and O–H groups in total. The van der Waals surface area contributed by atoms with Crippen molar-refractivity contribution in [2.75, 3.05) is 0 Å². The molecule has 0 heterocycles.